The lowest BCUT2D eigenvalue weighted by atomic mass is 10.1. The molecule has 2 heterocycles. The van der Waals surface area contributed by atoms with Gasteiger partial charge in [-0.2, -0.15) is 0 Å². The van der Waals surface area contributed by atoms with Gasteiger partial charge in [-0.05, 0) is 40.2 Å². The summed E-state index contributed by atoms with van der Waals surface area (Å²) in [5.41, 5.74) is 5.17. The van der Waals surface area contributed by atoms with E-state index in [0.717, 1.165) is 24.5 Å². The Kier molecular flexibility index (Phi) is 6.09. The maximum Gasteiger partial charge on any atom is 0.263 e. The number of nitrogen functional groups attached to an aromatic ring is 1. The number of anilines is 2. The first-order chi connectivity index (χ1) is 14.2. The molecular formula is C19H12BrF2N5O2S. The molecule has 0 amide bonds. The van der Waals surface area contributed by atoms with E-state index >= 15 is 0 Å². The highest BCUT2D eigenvalue weighted by Gasteiger charge is 2.21. The van der Waals surface area contributed by atoms with Crippen LogP contribution in [-0.2, 0) is 10.0 Å². The summed E-state index contributed by atoms with van der Waals surface area (Å²) in [6.45, 7) is 0. The average molecular weight is 492 g/mol. The molecule has 0 bridgehead atoms. The number of rotatable bonds is 4. The third kappa shape index (κ3) is 4.61. The largest absolute Gasteiger partial charge is 0.383 e. The van der Waals surface area contributed by atoms with E-state index in [9.17, 15) is 17.2 Å². The lowest BCUT2D eigenvalue weighted by Crippen LogP contribution is -2.16. The molecule has 7 nitrogen and oxygen atoms in total. The predicted molar refractivity (Wildman–Crippen MR) is 112 cm³/mol. The van der Waals surface area contributed by atoms with Crippen molar-refractivity contribution >= 4 is 43.7 Å². The molecule has 1 aromatic carbocycles. The molecule has 152 valence electrons. The highest BCUT2D eigenvalue weighted by Crippen LogP contribution is 2.25. The van der Waals surface area contributed by atoms with Gasteiger partial charge in [0.25, 0.3) is 10.0 Å². The van der Waals surface area contributed by atoms with Crippen molar-refractivity contribution in [3.05, 3.63) is 75.7 Å². The second kappa shape index (κ2) is 8.56. The van der Waals surface area contributed by atoms with Gasteiger partial charge in [0.05, 0.1) is 5.56 Å². The van der Waals surface area contributed by atoms with Gasteiger partial charge in [-0.15, -0.1) is 0 Å². The second-order valence-corrected chi connectivity index (χ2v) is 8.42. The predicted octanol–water partition coefficient (Wildman–Crippen LogP) is 3.30. The molecular weight excluding hydrogens is 480 g/mol. The van der Waals surface area contributed by atoms with Gasteiger partial charge in [0.1, 0.15) is 22.2 Å². The zero-order valence-corrected chi connectivity index (χ0v) is 17.4. The Morgan fingerprint density at radius 3 is 2.63 bits per heavy atom. The number of nitrogens with zero attached hydrogens (tertiary/aromatic N) is 2. The molecule has 0 unspecified atom stereocenters. The molecule has 30 heavy (non-hydrogen) atoms. The lowest BCUT2D eigenvalue weighted by molar-refractivity contribution is 0.581. The number of nitrogens with one attached hydrogen (secondary N) is 2. The number of hydrogen-bond donors (Lipinski definition) is 3. The summed E-state index contributed by atoms with van der Waals surface area (Å²) in [7, 11) is -4.30. The van der Waals surface area contributed by atoms with E-state index in [0.29, 0.717) is 15.6 Å². The second-order valence-electron chi connectivity index (χ2n) is 5.82. The highest BCUT2D eigenvalue weighted by atomic mass is 79.9. The summed E-state index contributed by atoms with van der Waals surface area (Å²) in [5, 5.41) is 7.26. The number of benzene rings is 1. The molecule has 0 saturated carbocycles. The van der Waals surface area contributed by atoms with Gasteiger partial charge < -0.3 is 11.1 Å². The van der Waals surface area contributed by atoms with E-state index in [-0.39, 0.29) is 16.3 Å². The van der Waals surface area contributed by atoms with Crippen molar-refractivity contribution in [3.8, 4) is 11.8 Å². The SMILES string of the molecule is N=Cc1cc(C#Cc2ccc(F)c(NS(=O)(=O)c3cncc(Br)c3)c2F)cnc1N. The van der Waals surface area contributed by atoms with Gasteiger partial charge in [0.2, 0.25) is 0 Å². The molecule has 11 heteroatoms. The number of halogens is 3. The van der Waals surface area contributed by atoms with Gasteiger partial charge >= 0.3 is 0 Å². The lowest BCUT2D eigenvalue weighted by Gasteiger charge is -2.11. The summed E-state index contributed by atoms with van der Waals surface area (Å²) in [6, 6.07) is 4.70. The van der Waals surface area contributed by atoms with Crippen molar-refractivity contribution in [2.24, 2.45) is 0 Å². The van der Waals surface area contributed by atoms with Gasteiger partial charge in [-0.1, -0.05) is 11.8 Å². The summed E-state index contributed by atoms with van der Waals surface area (Å²) in [4.78, 5) is 7.33. The Balaban J connectivity index is 1.98. The number of nitrogens with two attached hydrogens (primary N) is 1. The first-order valence-electron chi connectivity index (χ1n) is 8.10. The topological polar surface area (TPSA) is 122 Å². The summed E-state index contributed by atoms with van der Waals surface area (Å²) in [5.74, 6) is 2.98. The average Bonchev–Trinajstić information content (AvgIpc) is 2.71. The molecule has 4 N–H and O–H groups in total. The van der Waals surface area contributed by atoms with E-state index in [4.69, 9.17) is 11.1 Å². The van der Waals surface area contributed by atoms with Crippen molar-refractivity contribution in [2.75, 3.05) is 10.5 Å². The first kappa shape index (κ1) is 21.4. The molecule has 0 radical (unpaired) electrons. The number of pyridine rings is 2. The zero-order valence-electron chi connectivity index (χ0n) is 14.9. The Morgan fingerprint density at radius 1 is 1.17 bits per heavy atom. The van der Waals surface area contributed by atoms with E-state index in [1.165, 1.54) is 24.5 Å². The molecule has 3 rings (SSSR count). The quantitative estimate of drug-likeness (QED) is 0.381. The molecule has 0 atom stereocenters. The molecule has 0 aliphatic heterocycles. The van der Waals surface area contributed by atoms with Crippen molar-refractivity contribution in [1.29, 1.82) is 5.41 Å². The van der Waals surface area contributed by atoms with Crippen LogP contribution in [0.3, 0.4) is 0 Å². The van der Waals surface area contributed by atoms with Crippen LogP contribution in [0.5, 0.6) is 0 Å². The van der Waals surface area contributed by atoms with E-state index in [1.807, 2.05) is 4.72 Å². The minimum absolute atomic E-state index is 0.141. The van der Waals surface area contributed by atoms with Gasteiger partial charge in [-0.3, -0.25) is 9.71 Å². The number of sulfonamides is 1. The smallest absolute Gasteiger partial charge is 0.263 e. The fourth-order valence-electron chi connectivity index (χ4n) is 2.29. The molecule has 0 spiro atoms. The normalized spacial score (nSPS) is 10.8. The van der Waals surface area contributed by atoms with Crippen LogP contribution in [0.4, 0.5) is 20.3 Å². The van der Waals surface area contributed by atoms with Gasteiger partial charge in [0.15, 0.2) is 5.82 Å². The maximum absolute atomic E-state index is 14.8. The van der Waals surface area contributed by atoms with Crippen molar-refractivity contribution in [3.63, 3.8) is 0 Å². The van der Waals surface area contributed by atoms with Crippen LogP contribution in [0, 0.1) is 28.9 Å². The zero-order chi connectivity index (χ0) is 21.9. The van der Waals surface area contributed by atoms with Crippen LogP contribution < -0.4 is 10.5 Å². The van der Waals surface area contributed by atoms with Crippen LogP contribution in [0.15, 0.2) is 52.2 Å². The monoisotopic (exact) mass is 491 g/mol. The van der Waals surface area contributed by atoms with Crippen LogP contribution in [0.1, 0.15) is 16.7 Å². The van der Waals surface area contributed by atoms with Gasteiger partial charge in [0, 0.05) is 40.4 Å². The standard InChI is InChI=1S/C19H12BrF2N5O2S/c20-14-6-15(10-25-9-14)30(28,29)27-18-16(21)4-3-12(17(18)22)2-1-11-5-13(7-23)19(24)26-8-11/h3-10,23,27H,(H2,24,26). The van der Waals surface area contributed by atoms with E-state index in [1.54, 1.807) is 0 Å². The minimum Gasteiger partial charge on any atom is -0.383 e. The highest BCUT2D eigenvalue weighted by molar-refractivity contribution is 9.10. The van der Waals surface area contributed by atoms with Crippen LogP contribution >= 0.6 is 15.9 Å². The van der Waals surface area contributed by atoms with Crippen LogP contribution in [0.2, 0.25) is 0 Å². The molecule has 3 aromatic rings. The summed E-state index contributed by atoms with van der Waals surface area (Å²) in [6.07, 6.45) is 4.74. The van der Waals surface area contributed by atoms with Crippen molar-refractivity contribution in [1.82, 2.24) is 9.97 Å². The number of aromatic nitrogens is 2. The minimum atomic E-state index is -4.30. The Morgan fingerprint density at radius 2 is 1.93 bits per heavy atom. The van der Waals surface area contributed by atoms with Crippen molar-refractivity contribution < 1.29 is 17.2 Å². The molecule has 0 aliphatic carbocycles. The summed E-state index contributed by atoms with van der Waals surface area (Å²) >= 11 is 3.09. The third-order valence-corrected chi connectivity index (χ3v) is 5.51. The molecule has 0 saturated heterocycles. The Bertz CT molecular complexity index is 1320. The van der Waals surface area contributed by atoms with Gasteiger partial charge in [-0.25, -0.2) is 22.2 Å². The molecule has 0 fully saturated rings. The third-order valence-electron chi connectivity index (χ3n) is 3.76. The molecule has 0 aliphatic rings. The van der Waals surface area contributed by atoms with E-state index in [2.05, 4.69) is 37.7 Å². The Labute approximate surface area is 179 Å². The van der Waals surface area contributed by atoms with E-state index < -0.39 is 27.3 Å². The van der Waals surface area contributed by atoms with Crippen molar-refractivity contribution in [2.45, 2.75) is 4.90 Å². The summed E-state index contributed by atoms with van der Waals surface area (Å²) < 4.78 is 56.2. The fraction of sp³-hybridized carbons (Fsp3) is 0. The Hall–Kier alpha value is -3.36. The maximum atomic E-state index is 14.8. The van der Waals surface area contributed by atoms with Crippen LogP contribution in [0.25, 0.3) is 0 Å². The number of hydrogen-bond acceptors (Lipinski definition) is 6. The fourth-order valence-corrected chi connectivity index (χ4v) is 3.86. The van der Waals surface area contributed by atoms with Crippen LogP contribution in [-0.4, -0.2) is 24.6 Å². The molecule has 2 aromatic heterocycles. The first-order valence-corrected chi connectivity index (χ1v) is 10.4.